The normalized spacial score (nSPS) is 10.9. The molecule has 32 heavy (non-hydrogen) atoms. The van der Waals surface area contributed by atoms with Crippen molar-refractivity contribution < 1.29 is 4.79 Å². The van der Waals surface area contributed by atoms with Crippen molar-refractivity contribution in [2.45, 2.75) is 13.8 Å². The Balaban J connectivity index is 1.48. The highest BCUT2D eigenvalue weighted by atomic mass is 16.1. The van der Waals surface area contributed by atoms with Crippen LogP contribution in [0.1, 0.15) is 21.5 Å². The first-order valence-corrected chi connectivity index (χ1v) is 10.6. The van der Waals surface area contributed by atoms with Crippen LogP contribution in [0.15, 0.2) is 97.3 Å². The summed E-state index contributed by atoms with van der Waals surface area (Å²) in [4.78, 5) is 17.7. The van der Waals surface area contributed by atoms with Crippen molar-refractivity contribution in [2.75, 3.05) is 5.32 Å². The Morgan fingerprint density at radius 2 is 1.47 bits per heavy atom. The van der Waals surface area contributed by atoms with E-state index in [0.717, 1.165) is 28.0 Å². The minimum absolute atomic E-state index is 0.141. The molecule has 0 radical (unpaired) electrons. The fourth-order valence-corrected chi connectivity index (χ4v) is 3.92. The molecule has 4 heteroatoms. The minimum Gasteiger partial charge on any atom is -0.319 e. The van der Waals surface area contributed by atoms with E-state index in [1.165, 1.54) is 11.1 Å². The third-order valence-electron chi connectivity index (χ3n) is 5.50. The number of carbonyl (C=O) groups is 1. The summed E-state index contributed by atoms with van der Waals surface area (Å²) in [5.74, 6) is -0.141. The number of imidazole rings is 1. The first-order chi connectivity index (χ1) is 15.6. The maximum atomic E-state index is 12.8. The van der Waals surface area contributed by atoms with Crippen LogP contribution in [0.5, 0.6) is 0 Å². The van der Waals surface area contributed by atoms with Crippen LogP contribution in [-0.2, 0) is 0 Å². The summed E-state index contributed by atoms with van der Waals surface area (Å²) in [7, 11) is 0. The molecule has 2 heterocycles. The zero-order valence-corrected chi connectivity index (χ0v) is 18.0. The Kier molecular flexibility index (Phi) is 5.04. The molecule has 0 aliphatic carbocycles. The van der Waals surface area contributed by atoms with Gasteiger partial charge in [0.25, 0.3) is 5.91 Å². The second kappa shape index (κ2) is 8.16. The number of hydrogen-bond acceptors (Lipinski definition) is 2. The maximum Gasteiger partial charge on any atom is 0.255 e. The number of hydrogen-bond donors (Lipinski definition) is 1. The smallest absolute Gasteiger partial charge is 0.255 e. The van der Waals surface area contributed by atoms with E-state index >= 15 is 0 Å². The van der Waals surface area contributed by atoms with E-state index in [1.807, 2.05) is 79.2 Å². The van der Waals surface area contributed by atoms with Gasteiger partial charge in [-0.05, 0) is 48.7 Å². The first kappa shape index (κ1) is 19.8. The van der Waals surface area contributed by atoms with Crippen molar-refractivity contribution in [2.24, 2.45) is 0 Å². The fourth-order valence-electron chi connectivity index (χ4n) is 3.92. The van der Waals surface area contributed by atoms with Gasteiger partial charge < -0.3 is 9.72 Å². The highest BCUT2D eigenvalue weighted by Gasteiger charge is 2.13. The Bertz CT molecular complexity index is 1420. The number of rotatable bonds is 4. The lowest BCUT2D eigenvalue weighted by Gasteiger charge is -2.08. The Hall–Kier alpha value is -4.18. The molecule has 1 amide bonds. The molecule has 0 fully saturated rings. The molecule has 5 aromatic rings. The van der Waals surface area contributed by atoms with Crippen molar-refractivity contribution in [1.82, 2.24) is 9.38 Å². The minimum atomic E-state index is -0.141. The van der Waals surface area contributed by atoms with Gasteiger partial charge in [-0.1, -0.05) is 72.3 Å². The fraction of sp³-hybridized carbons (Fsp3) is 0.0714. The Morgan fingerprint density at radius 3 is 2.22 bits per heavy atom. The van der Waals surface area contributed by atoms with Crippen molar-refractivity contribution in [3.8, 4) is 22.4 Å². The molecule has 0 aliphatic rings. The highest BCUT2D eigenvalue weighted by molar-refractivity contribution is 6.06. The number of benzene rings is 3. The number of aromatic nitrogens is 2. The van der Waals surface area contributed by atoms with Gasteiger partial charge in [-0.2, -0.15) is 0 Å². The van der Waals surface area contributed by atoms with Gasteiger partial charge in [0.1, 0.15) is 0 Å². The van der Waals surface area contributed by atoms with Gasteiger partial charge in [0, 0.05) is 23.5 Å². The summed E-state index contributed by atoms with van der Waals surface area (Å²) >= 11 is 0. The number of pyridine rings is 1. The number of aryl methyl sites for hydroxylation is 2. The van der Waals surface area contributed by atoms with Crippen molar-refractivity contribution in [3.63, 3.8) is 0 Å². The van der Waals surface area contributed by atoms with Gasteiger partial charge in [-0.25, -0.2) is 4.98 Å². The molecule has 5 rings (SSSR count). The molecule has 0 atom stereocenters. The monoisotopic (exact) mass is 417 g/mol. The number of nitrogens with one attached hydrogen (secondary N) is 1. The molecule has 2 aromatic heterocycles. The van der Waals surface area contributed by atoms with E-state index in [4.69, 9.17) is 4.98 Å². The Morgan fingerprint density at radius 1 is 0.750 bits per heavy atom. The molecule has 1 N–H and O–H groups in total. The molecule has 156 valence electrons. The largest absolute Gasteiger partial charge is 0.319 e. The van der Waals surface area contributed by atoms with Gasteiger partial charge in [-0.3, -0.25) is 4.79 Å². The summed E-state index contributed by atoms with van der Waals surface area (Å²) in [6.07, 6.45) is 4.02. The molecule has 0 unspecified atom stereocenters. The molecule has 4 nitrogen and oxygen atoms in total. The highest BCUT2D eigenvalue weighted by Crippen LogP contribution is 2.27. The number of anilines is 1. The predicted octanol–water partition coefficient (Wildman–Crippen LogP) is 6.54. The lowest BCUT2D eigenvalue weighted by molar-refractivity contribution is 0.102. The van der Waals surface area contributed by atoms with E-state index in [0.29, 0.717) is 11.3 Å². The summed E-state index contributed by atoms with van der Waals surface area (Å²) in [6.45, 7) is 3.99. The molecule has 0 saturated heterocycles. The molecule has 0 aliphatic heterocycles. The quantitative estimate of drug-likeness (QED) is 0.361. The van der Waals surface area contributed by atoms with E-state index in [9.17, 15) is 4.79 Å². The number of amides is 1. The van der Waals surface area contributed by atoms with Crippen LogP contribution in [-0.4, -0.2) is 15.3 Å². The number of fused-ring (bicyclic) bond motifs is 1. The van der Waals surface area contributed by atoms with Crippen molar-refractivity contribution in [1.29, 1.82) is 0 Å². The lowest BCUT2D eigenvalue weighted by atomic mass is 10.0. The second-order valence-corrected chi connectivity index (χ2v) is 8.06. The van der Waals surface area contributed by atoms with E-state index in [-0.39, 0.29) is 5.91 Å². The molecular weight excluding hydrogens is 394 g/mol. The van der Waals surface area contributed by atoms with E-state index in [1.54, 1.807) is 0 Å². The van der Waals surface area contributed by atoms with Crippen molar-refractivity contribution in [3.05, 3.63) is 114 Å². The van der Waals surface area contributed by atoms with E-state index < -0.39 is 0 Å². The zero-order chi connectivity index (χ0) is 22.1. The van der Waals surface area contributed by atoms with Gasteiger partial charge >= 0.3 is 0 Å². The second-order valence-electron chi connectivity index (χ2n) is 8.06. The van der Waals surface area contributed by atoms with Crippen LogP contribution in [0.3, 0.4) is 0 Å². The zero-order valence-electron chi connectivity index (χ0n) is 18.0. The molecule has 0 saturated carbocycles. The third kappa shape index (κ3) is 3.91. The standard InChI is InChI=1S/C28H23N3O/c1-19-7-6-10-24(15-19)28(32)30-25-16-20(2)17-31-18-26(29-27(25)31)23-13-11-22(12-14-23)21-8-4-3-5-9-21/h3-18H,1-2H3,(H,30,32). The summed E-state index contributed by atoms with van der Waals surface area (Å²) < 4.78 is 1.97. The molecular formula is C28H23N3O. The third-order valence-corrected chi connectivity index (χ3v) is 5.50. The van der Waals surface area contributed by atoms with Gasteiger partial charge in [0.15, 0.2) is 5.65 Å². The van der Waals surface area contributed by atoms with Crippen LogP contribution in [0.2, 0.25) is 0 Å². The van der Waals surface area contributed by atoms with Crippen LogP contribution in [0, 0.1) is 13.8 Å². The van der Waals surface area contributed by atoms with Crippen molar-refractivity contribution >= 4 is 17.2 Å². The average molecular weight is 418 g/mol. The van der Waals surface area contributed by atoms with Crippen LogP contribution in [0.4, 0.5) is 5.69 Å². The van der Waals surface area contributed by atoms with Crippen LogP contribution >= 0.6 is 0 Å². The summed E-state index contributed by atoms with van der Waals surface area (Å²) in [6, 6.07) is 28.2. The van der Waals surface area contributed by atoms with Gasteiger partial charge in [0.05, 0.1) is 11.4 Å². The molecule has 0 spiro atoms. The lowest BCUT2D eigenvalue weighted by Crippen LogP contribution is -2.13. The first-order valence-electron chi connectivity index (χ1n) is 10.6. The topological polar surface area (TPSA) is 46.4 Å². The van der Waals surface area contributed by atoms with Gasteiger partial charge in [0.2, 0.25) is 0 Å². The Labute approximate surface area is 187 Å². The molecule has 0 bridgehead atoms. The average Bonchev–Trinajstić information content (AvgIpc) is 3.24. The summed E-state index contributed by atoms with van der Waals surface area (Å²) in [5.41, 5.74) is 8.39. The molecule has 3 aromatic carbocycles. The predicted molar refractivity (Wildman–Crippen MR) is 130 cm³/mol. The summed E-state index contributed by atoms with van der Waals surface area (Å²) in [5, 5.41) is 3.04. The maximum absolute atomic E-state index is 12.8. The number of carbonyl (C=O) groups excluding carboxylic acids is 1. The number of nitrogens with zero attached hydrogens (tertiary/aromatic N) is 2. The van der Waals surface area contributed by atoms with Crippen LogP contribution in [0.25, 0.3) is 28.0 Å². The van der Waals surface area contributed by atoms with Gasteiger partial charge in [-0.15, -0.1) is 0 Å². The SMILES string of the molecule is Cc1cccc(C(=O)Nc2cc(C)cn3cc(-c4ccc(-c5ccccc5)cc4)nc23)c1. The van der Waals surface area contributed by atoms with Crippen LogP contribution < -0.4 is 5.32 Å². The van der Waals surface area contributed by atoms with E-state index in [2.05, 4.69) is 41.7 Å².